The molecule has 0 spiro atoms. The molecule has 2 aliphatic rings. The van der Waals surface area contributed by atoms with E-state index in [9.17, 15) is 9.59 Å². The Labute approximate surface area is 210 Å². The summed E-state index contributed by atoms with van der Waals surface area (Å²) in [5.41, 5.74) is 10.4. The van der Waals surface area contributed by atoms with Crippen LogP contribution in [0.1, 0.15) is 55.6 Å². The van der Waals surface area contributed by atoms with Crippen LogP contribution in [0.5, 0.6) is 0 Å². The summed E-state index contributed by atoms with van der Waals surface area (Å²) < 4.78 is 0. The van der Waals surface area contributed by atoms with Gasteiger partial charge in [0.15, 0.2) is 5.82 Å². The van der Waals surface area contributed by atoms with E-state index in [1.54, 1.807) is 13.1 Å². The molecule has 1 aromatic heterocycles. The molecule has 1 unspecified atom stereocenters. The highest BCUT2D eigenvalue weighted by Gasteiger charge is 2.59. The Balaban J connectivity index is 1.81. The lowest BCUT2D eigenvalue weighted by atomic mass is 9.71. The van der Waals surface area contributed by atoms with Crippen molar-refractivity contribution in [3.05, 3.63) is 82.7 Å². The van der Waals surface area contributed by atoms with Crippen LogP contribution < -0.4 is 11.1 Å². The summed E-state index contributed by atoms with van der Waals surface area (Å²) in [7, 11) is 1.67. The fourth-order valence-electron chi connectivity index (χ4n) is 4.97. The van der Waals surface area contributed by atoms with E-state index in [1.807, 2.05) is 50.3 Å². The fourth-order valence-corrected chi connectivity index (χ4v) is 4.97. The molecule has 1 amide bonds. The lowest BCUT2D eigenvalue weighted by Gasteiger charge is -2.28. The molecule has 186 valence electrons. The normalized spacial score (nSPS) is 19.2. The maximum absolute atomic E-state index is 13.6. The lowest BCUT2D eigenvalue weighted by molar-refractivity contribution is -0.137. The number of aliphatic imine (C=N–C) groups is 1. The average Bonchev–Trinajstić information content (AvgIpc) is 3.64. The number of nitrogens with zero attached hydrogens (tertiary/aromatic N) is 3. The molecule has 1 aliphatic carbocycles. The smallest absolute Gasteiger partial charge is 0.303 e. The molecule has 0 bridgehead atoms. The minimum atomic E-state index is -0.977. The Morgan fingerprint density at radius 2 is 1.97 bits per heavy atom. The topological polar surface area (TPSA) is 131 Å². The number of allylic oxidation sites excluding steroid dienone is 5. The number of rotatable bonds is 9. The van der Waals surface area contributed by atoms with Crippen molar-refractivity contribution in [1.82, 2.24) is 9.97 Å². The molecule has 1 atom stereocenters. The number of benzene rings is 1. The quantitative estimate of drug-likeness (QED) is 0.360. The van der Waals surface area contributed by atoms with Crippen molar-refractivity contribution in [1.29, 1.82) is 0 Å². The number of carboxylic acids is 1. The Kier molecular flexibility index (Phi) is 6.88. The van der Waals surface area contributed by atoms with Gasteiger partial charge in [0, 0.05) is 19.0 Å². The molecule has 4 N–H and O–H groups in total. The Hall–Kier alpha value is -4.07. The van der Waals surface area contributed by atoms with Gasteiger partial charge in [-0.25, -0.2) is 9.97 Å². The van der Waals surface area contributed by atoms with Crippen LogP contribution in [-0.4, -0.2) is 39.7 Å². The fraction of sp³-hybridized carbons (Fsp3) is 0.321. The lowest BCUT2D eigenvalue weighted by Crippen LogP contribution is -2.38. The number of carbonyl (C=O) groups excluding carboxylic acids is 1. The molecular weight excluding hydrogens is 454 g/mol. The van der Waals surface area contributed by atoms with E-state index in [0.717, 1.165) is 35.1 Å². The van der Waals surface area contributed by atoms with E-state index in [4.69, 9.17) is 15.8 Å². The summed E-state index contributed by atoms with van der Waals surface area (Å²) in [5, 5.41) is 12.0. The second-order valence-corrected chi connectivity index (χ2v) is 9.36. The van der Waals surface area contributed by atoms with Gasteiger partial charge in [0.1, 0.15) is 22.8 Å². The number of carboxylic acid groups (broad SMARTS) is 1. The monoisotopic (exact) mass is 485 g/mol. The molecule has 0 saturated heterocycles. The zero-order valence-electron chi connectivity index (χ0n) is 20.8. The van der Waals surface area contributed by atoms with Gasteiger partial charge in [-0.05, 0) is 50.2 Å². The van der Waals surface area contributed by atoms with Crippen LogP contribution in [0.2, 0.25) is 0 Å². The number of aromatic nitrogens is 2. The summed E-state index contributed by atoms with van der Waals surface area (Å²) in [4.78, 5) is 38.4. The first kappa shape index (κ1) is 25.0. The van der Waals surface area contributed by atoms with Crippen LogP contribution in [0.4, 0.5) is 11.6 Å². The second-order valence-electron chi connectivity index (χ2n) is 9.36. The van der Waals surface area contributed by atoms with Crippen LogP contribution >= 0.6 is 0 Å². The summed E-state index contributed by atoms with van der Waals surface area (Å²) in [6.45, 7) is 7.69. The van der Waals surface area contributed by atoms with E-state index < -0.39 is 11.4 Å². The maximum Gasteiger partial charge on any atom is 0.303 e. The first-order chi connectivity index (χ1) is 17.2. The molecule has 8 heteroatoms. The Morgan fingerprint density at radius 3 is 2.53 bits per heavy atom. The second kappa shape index (κ2) is 9.89. The largest absolute Gasteiger partial charge is 0.481 e. The first-order valence-electron chi connectivity index (χ1n) is 12.0. The third kappa shape index (κ3) is 4.34. The standard InChI is InChI=1S/C28H31N5O3/c1-5-6-7-20(16(2)3)23(30-4)26-31-24(29)22-25(32-26)33-27(36)28(22,19-13-14-19)18-11-8-17(9-12-18)10-15-21(34)35/h5-9,11-12,19H,1,10,13-15H2,2-4H3,(H,34,35)(H3,29,31,32,33,36)/b7-6-,30-23+. The predicted octanol–water partition coefficient (Wildman–Crippen LogP) is 4.22. The molecule has 1 fully saturated rings. The van der Waals surface area contributed by atoms with E-state index in [0.29, 0.717) is 29.3 Å². The number of fused-ring (bicyclic) bond motifs is 1. The van der Waals surface area contributed by atoms with Crippen LogP contribution in [0.15, 0.2) is 65.2 Å². The van der Waals surface area contributed by atoms with Gasteiger partial charge in [0.2, 0.25) is 5.91 Å². The number of amides is 1. The number of hydrogen-bond acceptors (Lipinski definition) is 6. The number of aryl methyl sites for hydroxylation is 1. The van der Waals surface area contributed by atoms with Gasteiger partial charge >= 0.3 is 5.97 Å². The van der Waals surface area contributed by atoms with Crippen LogP contribution in [0, 0.1) is 5.92 Å². The van der Waals surface area contributed by atoms with Crippen molar-refractivity contribution in [3.63, 3.8) is 0 Å². The van der Waals surface area contributed by atoms with Crippen molar-refractivity contribution < 1.29 is 14.7 Å². The summed E-state index contributed by atoms with van der Waals surface area (Å²) in [5.74, 6) is 0.0756. The number of hydrogen-bond donors (Lipinski definition) is 3. The molecule has 36 heavy (non-hydrogen) atoms. The number of carbonyl (C=O) groups is 2. The Bertz CT molecular complexity index is 1320. The number of aliphatic carboxylic acids is 1. The van der Waals surface area contributed by atoms with E-state index >= 15 is 0 Å². The molecule has 1 saturated carbocycles. The third-order valence-electron chi connectivity index (χ3n) is 6.78. The number of nitrogen functional groups attached to an aromatic ring is 1. The van der Waals surface area contributed by atoms with Gasteiger partial charge in [-0.3, -0.25) is 14.6 Å². The molecule has 8 nitrogen and oxygen atoms in total. The van der Waals surface area contributed by atoms with Crippen molar-refractivity contribution in [3.8, 4) is 0 Å². The highest BCUT2D eigenvalue weighted by molar-refractivity contribution is 6.14. The number of nitrogens with two attached hydrogens (primary N) is 1. The summed E-state index contributed by atoms with van der Waals surface area (Å²) in [6, 6.07) is 7.57. The molecule has 1 aliphatic heterocycles. The van der Waals surface area contributed by atoms with Gasteiger partial charge in [-0.2, -0.15) is 0 Å². The summed E-state index contributed by atoms with van der Waals surface area (Å²) >= 11 is 0. The van der Waals surface area contributed by atoms with E-state index in [2.05, 4.69) is 21.9 Å². The van der Waals surface area contributed by atoms with Gasteiger partial charge in [0.05, 0.1) is 5.56 Å². The van der Waals surface area contributed by atoms with Crippen LogP contribution in [0.3, 0.4) is 0 Å². The van der Waals surface area contributed by atoms with Gasteiger partial charge < -0.3 is 16.2 Å². The van der Waals surface area contributed by atoms with Crippen molar-refractivity contribution in [2.45, 2.75) is 44.9 Å². The van der Waals surface area contributed by atoms with Gasteiger partial charge in [-0.1, -0.05) is 54.6 Å². The van der Waals surface area contributed by atoms with Crippen molar-refractivity contribution in [2.75, 3.05) is 18.1 Å². The Morgan fingerprint density at radius 1 is 1.28 bits per heavy atom. The first-order valence-corrected chi connectivity index (χ1v) is 12.0. The van der Waals surface area contributed by atoms with Gasteiger partial charge in [0.25, 0.3) is 0 Å². The van der Waals surface area contributed by atoms with Crippen LogP contribution in [-0.2, 0) is 21.4 Å². The predicted molar refractivity (Wildman–Crippen MR) is 141 cm³/mol. The van der Waals surface area contributed by atoms with Gasteiger partial charge in [-0.15, -0.1) is 0 Å². The molecular formula is C28H31N5O3. The number of anilines is 2. The minimum Gasteiger partial charge on any atom is -0.481 e. The zero-order chi connectivity index (χ0) is 26.0. The molecule has 4 rings (SSSR count). The number of nitrogens with one attached hydrogen (secondary N) is 1. The third-order valence-corrected chi connectivity index (χ3v) is 6.78. The zero-order valence-corrected chi connectivity index (χ0v) is 20.8. The molecule has 2 aromatic rings. The summed E-state index contributed by atoms with van der Waals surface area (Å²) in [6.07, 6.45) is 7.67. The average molecular weight is 486 g/mol. The molecule has 2 heterocycles. The van der Waals surface area contributed by atoms with E-state index in [-0.39, 0.29) is 24.1 Å². The molecule has 1 aromatic carbocycles. The van der Waals surface area contributed by atoms with Crippen molar-refractivity contribution >= 4 is 29.2 Å². The van der Waals surface area contributed by atoms with Crippen molar-refractivity contribution in [2.24, 2.45) is 10.9 Å². The SMILES string of the molecule is C=C/C=C\C(=C(C)C)/C(=N\C)c1nc(N)c2c(n1)NC(=O)C2(c1ccc(CCC(=O)O)cc1)C1CC1. The molecule has 0 radical (unpaired) electrons. The highest BCUT2D eigenvalue weighted by atomic mass is 16.4. The van der Waals surface area contributed by atoms with E-state index in [1.165, 1.54) is 0 Å². The minimum absolute atomic E-state index is 0.0526. The van der Waals surface area contributed by atoms with Crippen LogP contribution in [0.25, 0.3) is 0 Å². The highest BCUT2D eigenvalue weighted by Crippen LogP contribution is 2.57. The maximum atomic E-state index is 13.6.